The molecule has 1 atom stereocenters. The molecule has 0 aliphatic heterocycles. The molecular formula is C16H25FN2. The van der Waals surface area contributed by atoms with E-state index in [2.05, 4.69) is 24.1 Å². The highest BCUT2D eigenvalue weighted by Crippen LogP contribution is 2.36. The molecule has 0 bridgehead atoms. The molecule has 1 aliphatic rings. The van der Waals surface area contributed by atoms with Crippen LogP contribution in [0.3, 0.4) is 0 Å². The summed E-state index contributed by atoms with van der Waals surface area (Å²) in [6.07, 6.45) is 7.55. The Morgan fingerprint density at radius 1 is 1.32 bits per heavy atom. The summed E-state index contributed by atoms with van der Waals surface area (Å²) in [5.74, 6) is 1.24. The van der Waals surface area contributed by atoms with E-state index in [-0.39, 0.29) is 11.9 Å². The van der Waals surface area contributed by atoms with E-state index in [1.807, 2.05) is 6.07 Å². The molecule has 1 aromatic rings. The van der Waals surface area contributed by atoms with E-state index in [0.717, 1.165) is 24.6 Å². The second-order valence-corrected chi connectivity index (χ2v) is 5.85. The highest BCUT2D eigenvalue weighted by atomic mass is 19.1. The minimum Gasteiger partial charge on any atom is -0.308 e. The van der Waals surface area contributed by atoms with Gasteiger partial charge in [0.1, 0.15) is 5.82 Å². The average Bonchev–Trinajstić information content (AvgIpc) is 2.43. The van der Waals surface area contributed by atoms with Crippen molar-refractivity contribution in [2.45, 2.75) is 52.0 Å². The van der Waals surface area contributed by atoms with Gasteiger partial charge < -0.3 is 5.32 Å². The molecule has 0 saturated heterocycles. The van der Waals surface area contributed by atoms with Crippen LogP contribution in [0, 0.1) is 17.7 Å². The topological polar surface area (TPSA) is 24.9 Å². The van der Waals surface area contributed by atoms with Crippen molar-refractivity contribution in [1.82, 2.24) is 10.3 Å². The second-order valence-electron chi connectivity index (χ2n) is 5.85. The lowest BCUT2D eigenvalue weighted by Crippen LogP contribution is -2.32. The highest BCUT2D eigenvalue weighted by molar-refractivity contribution is 5.11. The van der Waals surface area contributed by atoms with Crippen LogP contribution >= 0.6 is 0 Å². The molecule has 1 saturated carbocycles. The summed E-state index contributed by atoms with van der Waals surface area (Å²) < 4.78 is 13.0. The summed E-state index contributed by atoms with van der Waals surface area (Å²) in [5, 5.41) is 3.60. The number of nitrogens with one attached hydrogen (secondary N) is 1. The van der Waals surface area contributed by atoms with Crippen molar-refractivity contribution in [3.8, 4) is 0 Å². The summed E-state index contributed by atoms with van der Waals surface area (Å²) in [7, 11) is 0. The van der Waals surface area contributed by atoms with Crippen LogP contribution in [0.2, 0.25) is 0 Å². The maximum Gasteiger partial charge on any atom is 0.141 e. The van der Waals surface area contributed by atoms with E-state index < -0.39 is 0 Å². The van der Waals surface area contributed by atoms with Crippen LogP contribution in [-0.4, -0.2) is 11.5 Å². The minimum absolute atomic E-state index is 0.254. The SMILES string of the molecule is CCCNC(c1ccc(F)cn1)C1CCC(C)CC1. The standard InChI is InChI=1S/C16H25FN2/c1-3-10-18-16(13-6-4-12(2)5-7-13)15-9-8-14(17)11-19-15/h8-9,11-13,16,18H,3-7,10H2,1-2H3. The number of pyridine rings is 1. The molecule has 2 nitrogen and oxygen atoms in total. The van der Waals surface area contributed by atoms with Crippen LogP contribution in [0.5, 0.6) is 0 Å². The van der Waals surface area contributed by atoms with E-state index in [1.54, 1.807) is 0 Å². The zero-order valence-corrected chi connectivity index (χ0v) is 12.0. The number of hydrogen-bond donors (Lipinski definition) is 1. The lowest BCUT2D eigenvalue weighted by molar-refractivity contribution is 0.228. The normalized spacial score (nSPS) is 25.2. The average molecular weight is 264 g/mol. The van der Waals surface area contributed by atoms with Gasteiger partial charge in [0.15, 0.2) is 0 Å². The van der Waals surface area contributed by atoms with Gasteiger partial charge in [-0.15, -0.1) is 0 Å². The van der Waals surface area contributed by atoms with Gasteiger partial charge in [0.2, 0.25) is 0 Å². The van der Waals surface area contributed by atoms with E-state index in [0.29, 0.717) is 5.92 Å². The van der Waals surface area contributed by atoms with Gasteiger partial charge in [0.25, 0.3) is 0 Å². The molecule has 1 fully saturated rings. The Kier molecular flexibility index (Phi) is 5.32. The summed E-state index contributed by atoms with van der Waals surface area (Å²) in [6.45, 7) is 5.50. The van der Waals surface area contributed by atoms with E-state index in [9.17, 15) is 4.39 Å². The zero-order valence-electron chi connectivity index (χ0n) is 12.0. The molecule has 1 N–H and O–H groups in total. The van der Waals surface area contributed by atoms with Crippen molar-refractivity contribution in [2.75, 3.05) is 6.54 Å². The van der Waals surface area contributed by atoms with Crippen LogP contribution in [0.25, 0.3) is 0 Å². The summed E-state index contributed by atoms with van der Waals surface area (Å²) >= 11 is 0. The molecule has 106 valence electrons. The van der Waals surface area contributed by atoms with Gasteiger partial charge in [0.05, 0.1) is 17.9 Å². The van der Waals surface area contributed by atoms with Gasteiger partial charge in [-0.3, -0.25) is 4.98 Å². The molecule has 2 rings (SSSR count). The molecular weight excluding hydrogens is 239 g/mol. The van der Waals surface area contributed by atoms with Crippen LogP contribution in [0.1, 0.15) is 57.7 Å². The maximum atomic E-state index is 13.0. The largest absolute Gasteiger partial charge is 0.308 e. The van der Waals surface area contributed by atoms with E-state index in [1.165, 1.54) is 37.9 Å². The van der Waals surface area contributed by atoms with Crippen molar-refractivity contribution in [1.29, 1.82) is 0 Å². The van der Waals surface area contributed by atoms with Gasteiger partial charge in [-0.25, -0.2) is 4.39 Å². The number of hydrogen-bond acceptors (Lipinski definition) is 2. The zero-order chi connectivity index (χ0) is 13.7. The Morgan fingerprint density at radius 3 is 2.63 bits per heavy atom. The fraction of sp³-hybridized carbons (Fsp3) is 0.688. The second kappa shape index (κ2) is 6.99. The fourth-order valence-corrected chi connectivity index (χ4v) is 3.00. The Balaban J connectivity index is 2.08. The Labute approximate surface area is 115 Å². The molecule has 19 heavy (non-hydrogen) atoms. The van der Waals surface area contributed by atoms with Gasteiger partial charge in [-0.1, -0.05) is 26.7 Å². The van der Waals surface area contributed by atoms with Gasteiger partial charge in [-0.2, -0.15) is 0 Å². The van der Waals surface area contributed by atoms with Gasteiger partial charge >= 0.3 is 0 Å². The molecule has 1 heterocycles. The first-order chi connectivity index (χ1) is 9.20. The lowest BCUT2D eigenvalue weighted by Gasteiger charge is -2.33. The third-order valence-corrected chi connectivity index (χ3v) is 4.22. The van der Waals surface area contributed by atoms with Gasteiger partial charge in [-0.05, 0) is 49.8 Å². The fourth-order valence-electron chi connectivity index (χ4n) is 3.00. The van der Waals surface area contributed by atoms with Gasteiger partial charge in [0, 0.05) is 0 Å². The first-order valence-corrected chi connectivity index (χ1v) is 7.55. The smallest absolute Gasteiger partial charge is 0.141 e. The molecule has 1 unspecified atom stereocenters. The lowest BCUT2D eigenvalue weighted by atomic mass is 9.78. The monoisotopic (exact) mass is 264 g/mol. The minimum atomic E-state index is -0.254. The van der Waals surface area contributed by atoms with E-state index in [4.69, 9.17) is 0 Å². The number of nitrogens with zero attached hydrogens (tertiary/aromatic N) is 1. The van der Waals surface area contributed by atoms with Crippen molar-refractivity contribution in [3.05, 3.63) is 29.8 Å². The maximum absolute atomic E-state index is 13.0. The summed E-state index contributed by atoms with van der Waals surface area (Å²) in [5.41, 5.74) is 0.995. The first-order valence-electron chi connectivity index (χ1n) is 7.55. The molecule has 0 amide bonds. The van der Waals surface area contributed by atoms with Crippen molar-refractivity contribution < 1.29 is 4.39 Å². The summed E-state index contributed by atoms with van der Waals surface area (Å²) in [4.78, 5) is 4.29. The van der Waals surface area contributed by atoms with Crippen LogP contribution in [0.15, 0.2) is 18.3 Å². The predicted molar refractivity (Wildman–Crippen MR) is 76.4 cm³/mol. The molecule has 3 heteroatoms. The predicted octanol–water partition coefficient (Wildman–Crippen LogP) is 4.09. The third kappa shape index (κ3) is 4.00. The van der Waals surface area contributed by atoms with Crippen molar-refractivity contribution in [3.63, 3.8) is 0 Å². The first kappa shape index (κ1) is 14.4. The Bertz CT molecular complexity index is 369. The highest BCUT2D eigenvalue weighted by Gasteiger charge is 2.27. The molecule has 0 radical (unpaired) electrons. The number of aromatic nitrogens is 1. The Hall–Kier alpha value is -0.960. The summed E-state index contributed by atoms with van der Waals surface area (Å²) in [6, 6.07) is 3.64. The molecule has 0 spiro atoms. The molecule has 1 aliphatic carbocycles. The van der Waals surface area contributed by atoms with E-state index >= 15 is 0 Å². The van der Waals surface area contributed by atoms with Crippen molar-refractivity contribution in [2.24, 2.45) is 11.8 Å². The molecule has 0 aromatic carbocycles. The third-order valence-electron chi connectivity index (χ3n) is 4.22. The van der Waals surface area contributed by atoms with Crippen LogP contribution in [-0.2, 0) is 0 Å². The molecule has 1 aromatic heterocycles. The van der Waals surface area contributed by atoms with Crippen LogP contribution < -0.4 is 5.32 Å². The van der Waals surface area contributed by atoms with Crippen molar-refractivity contribution >= 4 is 0 Å². The number of rotatable bonds is 5. The quantitative estimate of drug-likeness (QED) is 0.866. The number of halogens is 1. The Morgan fingerprint density at radius 2 is 2.05 bits per heavy atom. The van der Waals surface area contributed by atoms with Crippen LogP contribution in [0.4, 0.5) is 4.39 Å².